The number of halogens is 1. The number of aliphatic carboxylic acids is 1. The monoisotopic (exact) mass is 312 g/mol. The quantitative estimate of drug-likeness (QED) is 0.622. The summed E-state index contributed by atoms with van der Waals surface area (Å²) in [6.45, 7) is -0.525. The number of rotatable bonds is 3. The summed E-state index contributed by atoms with van der Waals surface area (Å²) in [7, 11) is 0. The molecular weight excluding hydrogens is 306 g/mol. The van der Waals surface area contributed by atoms with Crippen molar-refractivity contribution in [1.82, 2.24) is 4.90 Å². The Morgan fingerprint density at radius 3 is 2.63 bits per heavy atom. The van der Waals surface area contributed by atoms with Crippen LogP contribution in [0.3, 0.4) is 0 Å². The van der Waals surface area contributed by atoms with E-state index in [-0.39, 0.29) is 4.32 Å². The zero-order valence-corrected chi connectivity index (χ0v) is 11.8. The lowest BCUT2D eigenvalue weighted by Gasteiger charge is -2.14. The van der Waals surface area contributed by atoms with Gasteiger partial charge in [0, 0.05) is 5.02 Å². The molecule has 1 amide bonds. The van der Waals surface area contributed by atoms with Crippen molar-refractivity contribution in [2.45, 2.75) is 0 Å². The third kappa shape index (κ3) is 3.34. The minimum absolute atomic E-state index is 0.217. The number of thioether (sulfide) groups is 1. The molecule has 1 saturated heterocycles. The van der Waals surface area contributed by atoms with Gasteiger partial charge in [-0.1, -0.05) is 47.7 Å². The molecule has 2 rings (SSSR count). The third-order valence-corrected chi connectivity index (χ3v) is 3.96. The summed E-state index contributed by atoms with van der Waals surface area (Å²) in [5.74, 6) is -1.77. The first kappa shape index (κ1) is 14.0. The predicted octanol–water partition coefficient (Wildman–Crippen LogP) is 1.29. The van der Waals surface area contributed by atoms with E-state index in [9.17, 15) is 14.7 Å². The highest BCUT2D eigenvalue weighted by Gasteiger charge is 2.31. The van der Waals surface area contributed by atoms with Gasteiger partial charge in [-0.25, -0.2) is 0 Å². The fourth-order valence-corrected chi connectivity index (χ4v) is 2.86. The molecule has 98 valence electrons. The normalized spacial score (nSPS) is 17.3. The number of carbonyl (C=O) groups excluding carboxylic acids is 2. The number of amides is 1. The molecule has 7 heteroatoms. The van der Waals surface area contributed by atoms with Crippen LogP contribution in [-0.2, 0) is 9.59 Å². The molecule has 0 unspecified atom stereocenters. The lowest BCUT2D eigenvalue weighted by Crippen LogP contribution is -2.40. The van der Waals surface area contributed by atoms with Crippen molar-refractivity contribution in [3.05, 3.63) is 39.8 Å². The first-order chi connectivity index (χ1) is 8.97. The number of hydrogen-bond donors (Lipinski definition) is 0. The molecule has 0 spiro atoms. The van der Waals surface area contributed by atoms with Gasteiger partial charge in [0.15, 0.2) is 0 Å². The molecule has 0 bridgehead atoms. The smallest absolute Gasteiger partial charge is 0.266 e. The van der Waals surface area contributed by atoms with Crippen LogP contribution < -0.4 is 5.11 Å². The Morgan fingerprint density at radius 1 is 1.42 bits per heavy atom. The van der Waals surface area contributed by atoms with Gasteiger partial charge in [0.05, 0.1) is 17.4 Å². The Hall–Kier alpha value is -1.37. The first-order valence-corrected chi connectivity index (χ1v) is 6.78. The average molecular weight is 313 g/mol. The summed E-state index contributed by atoms with van der Waals surface area (Å²) in [5.41, 5.74) is 0.790. The minimum Gasteiger partial charge on any atom is -0.548 e. The number of hydrogen-bond acceptors (Lipinski definition) is 5. The number of benzene rings is 1. The van der Waals surface area contributed by atoms with Crippen molar-refractivity contribution in [1.29, 1.82) is 0 Å². The molecule has 0 saturated carbocycles. The highest BCUT2D eigenvalue weighted by Crippen LogP contribution is 2.32. The topological polar surface area (TPSA) is 60.4 Å². The van der Waals surface area contributed by atoms with Crippen LogP contribution in [-0.4, -0.2) is 27.6 Å². The molecule has 1 heterocycles. The number of nitrogens with zero attached hydrogens (tertiary/aromatic N) is 1. The van der Waals surface area contributed by atoms with Gasteiger partial charge in [0.1, 0.15) is 4.32 Å². The Balaban J connectivity index is 2.23. The fraction of sp³-hybridized carbons (Fsp3) is 0.0833. The summed E-state index contributed by atoms with van der Waals surface area (Å²) < 4.78 is 0.217. The number of carboxylic acid groups (broad SMARTS) is 1. The maximum Gasteiger partial charge on any atom is 0.266 e. The maximum absolute atomic E-state index is 12.0. The zero-order valence-electron chi connectivity index (χ0n) is 9.46. The number of thiocarbonyl (C=S) groups is 1. The Labute approximate surface area is 124 Å². The zero-order chi connectivity index (χ0) is 14.0. The van der Waals surface area contributed by atoms with Crippen LogP contribution in [0.25, 0.3) is 6.08 Å². The van der Waals surface area contributed by atoms with Crippen LogP contribution in [0, 0.1) is 0 Å². The predicted molar refractivity (Wildman–Crippen MR) is 76.3 cm³/mol. The third-order valence-electron chi connectivity index (χ3n) is 2.33. The van der Waals surface area contributed by atoms with Gasteiger partial charge in [-0.05, 0) is 23.8 Å². The second kappa shape index (κ2) is 5.73. The van der Waals surface area contributed by atoms with E-state index in [1.165, 1.54) is 0 Å². The number of carbonyl (C=O) groups is 2. The van der Waals surface area contributed by atoms with Crippen molar-refractivity contribution in [3.63, 3.8) is 0 Å². The van der Waals surface area contributed by atoms with Crippen molar-refractivity contribution >= 4 is 57.9 Å². The van der Waals surface area contributed by atoms with E-state index >= 15 is 0 Å². The van der Waals surface area contributed by atoms with E-state index in [1.54, 1.807) is 30.3 Å². The molecule has 1 aliphatic heterocycles. The van der Waals surface area contributed by atoms with Crippen molar-refractivity contribution in [3.8, 4) is 0 Å². The van der Waals surface area contributed by atoms with Crippen molar-refractivity contribution in [2.24, 2.45) is 0 Å². The Morgan fingerprint density at radius 2 is 2.05 bits per heavy atom. The maximum atomic E-state index is 12.0. The largest absolute Gasteiger partial charge is 0.548 e. The molecule has 0 N–H and O–H groups in total. The van der Waals surface area contributed by atoms with Crippen LogP contribution in [0.1, 0.15) is 5.56 Å². The van der Waals surface area contributed by atoms with Crippen LogP contribution in [0.2, 0.25) is 5.02 Å². The molecule has 1 aromatic carbocycles. The fourth-order valence-electron chi connectivity index (χ4n) is 1.48. The van der Waals surface area contributed by atoms with Crippen molar-refractivity contribution < 1.29 is 14.7 Å². The van der Waals surface area contributed by atoms with E-state index in [1.807, 2.05) is 0 Å². The molecule has 0 aromatic heterocycles. The number of carboxylic acids is 1. The highest BCUT2D eigenvalue weighted by atomic mass is 35.5. The van der Waals surface area contributed by atoms with Gasteiger partial charge < -0.3 is 9.90 Å². The van der Waals surface area contributed by atoms with Gasteiger partial charge >= 0.3 is 0 Å². The van der Waals surface area contributed by atoms with Crippen LogP contribution >= 0.6 is 35.6 Å². The molecule has 1 aromatic rings. The highest BCUT2D eigenvalue weighted by molar-refractivity contribution is 8.26. The lowest BCUT2D eigenvalue weighted by molar-refractivity contribution is -0.305. The molecule has 19 heavy (non-hydrogen) atoms. The van der Waals surface area contributed by atoms with Crippen LogP contribution in [0.4, 0.5) is 0 Å². The van der Waals surface area contributed by atoms with Gasteiger partial charge in [-0.2, -0.15) is 0 Å². The second-order valence-corrected chi connectivity index (χ2v) is 5.80. The van der Waals surface area contributed by atoms with E-state index in [4.69, 9.17) is 23.8 Å². The first-order valence-electron chi connectivity index (χ1n) is 5.18. The minimum atomic E-state index is -1.34. The van der Waals surface area contributed by atoms with Gasteiger partial charge in [0.25, 0.3) is 5.91 Å². The Bertz CT molecular complexity index is 583. The van der Waals surface area contributed by atoms with Gasteiger partial charge in [-0.3, -0.25) is 9.69 Å². The standard InChI is InChI=1S/C12H8ClNO3S2/c13-8-3-1-7(2-4-8)5-9-11(17)14(6-10(15)16)12(18)19-9/h1-5H,6H2,(H,15,16)/p-1/b9-5+. The molecule has 1 fully saturated rings. The summed E-state index contributed by atoms with van der Waals surface area (Å²) >= 11 is 11.8. The molecular formula is C12H7ClNO3S2-. The summed E-state index contributed by atoms with van der Waals surface area (Å²) in [6, 6.07) is 6.92. The molecule has 1 aliphatic rings. The van der Waals surface area contributed by atoms with Crippen molar-refractivity contribution in [2.75, 3.05) is 6.54 Å². The Kier molecular flexibility index (Phi) is 4.24. The lowest BCUT2D eigenvalue weighted by atomic mass is 10.2. The van der Waals surface area contributed by atoms with E-state index in [2.05, 4.69) is 0 Å². The molecule has 0 radical (unpaired) electrons. The second-order valence-electron chi connectivity index (χ2n) is 3.69. The summed E-state index contributed by atoms with van der Waals surface area (Å²) in [6.07, 6.45) is 1.64. The van der Waals surface area contributed by atoms with Crippen LogP contribution in [0.15, 0.2) is 29.2 Å². The average Bonchev–Trinajstić information content (AvgIpc) is 2.60. The van der Waals surface area contributed by atoms with Crippen LogP contribution in [0.5, 0.6) is 0 Å². The molecule has 0 atom stereocenters. The van der Waals surface area contributed by atoms with Gasteiger partial charge in [0.2, 0.25) is 0 Å². The van der Waals surface area contributed by atoms with E-state index in [0.717, 1.165) is 22.2 Å². The summed E-state index contributed by atoms with van der Waals surface area (Å²) in [4.78, 5) is 23.9. The molecule has 4 nitrogen and oxygen atoms in total. The summed E-state index contributed by atoms with van der Waals surface area (Å²) in [5, 5.41) is 11.1. The van der Waals surface area contributed by atoms with E-state index < -0.39 is 18.4 Å². The SMILES string of the molecule is O=C([O-])CN1C(=O)/C(=C\c2ccc(Cl)cc2)SC1=S. The molecule has 0 aliphatic carbocycles. The van der Waals surface area contributed by atoms with E-state index in [0.29, 0.717) is 9.93 Å². The van der Waals surface area contributed by atoms with Gasteiger partial charge in [-0.15, -0.1) is 0 Å².